The van der Waals surface area contributed by atoms with Gasteiger partial charge in [-0.05, 0) is 36.4 Å². The largest absolute Gasteiger partial charge is 0.311 e. The van der Waals surface area contributed by atoms with Crippen LogP contribution in [0.4, 0.5) is 5.69 Å². The number of pyridine rings is 2. The Bertz CT molecular complexity index is 755. The van der Waals surface area contributed by atoms with Crippen molar-refractivity contribution in [3.63, 3.8) is 0 Å². The molecule has 0 atom stereocenters. The minimum atomic E-state index is -0.0914. The molecule has 22 heavy (non-hydrogen) atoms. The zero-order valence-electron chi connectivity index (χ0n) is 12.2. The summed E-state index contributed by atoms with van der Waals surface area (Å²) >= 11 is 0. The van der Waals surface area contributed by atoms with Gasteiger partial charge in [0, 0.05) is 25.1 Å². The average Bonchev–Trinajstić information content (AvgIpc) is 2.62. The molecule has 0 fully saturated rings. The maximum Gasteiger partial charge on any atom is 0.259 e. The molecule has 3 rings (SSSR count). The number of rotatable bonds is 3. The van der Waals surface area contributed by atoms with Gasteiger partial charge in [-0.15, -0.1) is 0 Å². The number of hydrogen-bond acceptors (Lipinski definition) is 3. The fraction of sp³-hybridized carbons (Fsp3) is 0.0556. The molecular formula is C18H15N3O. The first-order chi connectivity index (χ1) is 10.8. The van der Waals surface area contributed by atoms with Crippen molar-refractivity contribution in [1.29, 1.82) is 0 Å². The first kappa shape index (κ1) is 13.9. The van der Waals surface area contributed by atoms with Gasteiger partial charge in [0.25, 0.3) is 5.91 Å². The van der Waals surface area contributed by atoms with Crippen LogP contribution in [0.5, 0.6) is 0 Å². The van der Waals surface area contributed by atoms with Crippen molar-refractivity contribution in [1.82, 2.24) is 9.97 Å². The molecule has 2 aromatic heterocycles. The quantitative estimate of drug-likeness (QED) is 0.742. The molecule has 3 aromatic rings. The van der Waals surface area contributed by atoms with Crippen molar-refractivity contribution in [3.8, 4) is 11.4 Å². The molecule has 0 radical (unpaired) electrons. The van der Waals surface area contributed by atoms with E-state index in [0.717, 1.165) is 17.1 Å². The van der Waals surface area contributed by atoms with Gasteiger partial charge in [-0.2, -0.15) is 0 Å². The fourth-order valence-electron chi connectivity index (χ4n) is 2.15. The van der Waals surface area contributed by atoms with E-state index < -0.39 is 0 Å². The Kier molecular flexibility index (Phi) is 3.92. The van der Waals surface area contributed by atoms with Gasteiger partial charge in [-0.3, -0.25) is 14.8 Å². The van der Waals surface area contributed by atoms with Crippen molar-refractivity contribution < 1.29 is 4.79 Å². The lowest BCUT2D eigenvalue weighted by atomic mass is 10.2. The van der Waals surface area contributed by atoms with Crippen LogP contribution in [0.1, 0.15) is 10.4 Å². The predicted octanol–water partition coefficient (Wildman–Crippen LogP) is 3.42. The van der Waals surface area contributed by atoms with Crippen molar-refractivity contribution in [2.45, 2.75) is 0 Å². The van der Waals surface area contributed by atoms with Crippen LogP contribution in [0.3, 0.4) is 0 Å². The lowest BCUT2D eigenvalue weighted by molar-refractivity contribution is 0.0992. The van der Waals surface area contributed by atoms with Crippen molar-refractivity contribution >= 4 is 11.6 Å². The molecule has 0 aliphatic rings. The highest BCUT2D eigenvalue weighted by molar-refractivity contribution is 6.05. The number of carbonyl (C=O) groups excluding carboxylic acids is 1. The highest BCUT2D eigenvalue weighted by Gasteiger charge is 2.13. The fourth-order valence-corrected chi connectivity index (χ4v) is 2.15. The van der Waals surface area contributed by atoms with E-state index in [1.165, 1.54) is 0 Å². The molecule has 1 amide bonds. The molecule has 0 aliphatic carbocycles. The van der Waals surface area contributed by atoms with Crippen LogP contribution in [0, 0.1) is 0 Å². The van der Waals surface area contributed by atoms with Crippen molar-refractivity contribution in [3.05, 3.63) is 78.6 Å². The third-order valence-electron chi connectivity index (χ3n) is 3.39. The van der Waals surface area contributed by atoms with Gasteiger partial charge in [0.15, 0.2) is 0 Å². The molecule has 108 valence electrons. The lowest BCUT2D eigenvalue weighted by Gasteiger charge is -2.17. The maximum atomic E-state index is 12.5. The summed E-state index contributed by atoms with van der Waals surface area (Å²) in [6.45, 7) is 0. The smallest absolute Gasteiger partial charge is 0.259 e. The van der Waals surface area contributed by atoms with Gasteiger partial charge in [-0.25, -0.2) is 0 Å². The SMILES string of the molecule is CN(C(=O)c1ccc(-c2ccccn2)nc1)c1ccccc1. The summed E-state index contributed by atoms with van der Waals surface area (Å²) in [6.07, 6.45) is 3.31. The number of anilines is 1. The molecule has 0 spiro atoms. The van der Waals surface area contributed by atoms with E-state index in [0.29, 0.717) is 5.56 Å². The monoisotopic (exact) mass is 289 g/mol. The van der Waals surface area contributed by atoms with Gasteiger partial charge in [0.05, 0.1) is 17.0 Å². The Labute approximate surface area is 129 Å². The molecule has 0 bridgehead atoms. The van der Waals surface area contributed by atoms with Crippen LogP contribution in [-0.2, 0) is 0 Å². The molecular weight excluding hydrogens is 274 g/mol. The van der Waals surface area contributed by atoms with Crippen LogP contribution in [-0.4, -0.2) is 22.9 Å². The maximum absolute atomic E-state index is 12.5. The summed E-state index contributed by atoms with van der Waals surface area (Å²) in [4.78, 5) is 22.7. The third kappa shape index (κ3) is 2.86. The second-order valence-corrected chi connectivity index (χ2v) is 4.85. The van der Waals surface area contributed by atoms with Gasteiger partial charge >= 0.3 is 0 Å². The average molecular weight is 289 g/mol. The second kappa shape index (κ2) is 6.18. The number of benzene rings is 1. The van der Waals surface area contributed by atoms with Crippen molar-refractivity contribution in [2.24, 2.45) is 0 Å². The molecule has 4 heteroatoms. The molecule has 4 nitrogen and oxygen atoms in total. The summed E-state index contributed by atoms with van der Waals surface area (Å²) in [5.41, 5.74) is 2.93. The Morgan fingerprint density at radius 2 is 1.59 bits per heavy atom. The number of carbonyl (C=O) groups is 1. The molecule has 0 N–H and O–H groups in total. The Hall–Kier alpha value is -3.01. The number of para-hydroxylation sites is 1. The highest BCUT2D eigenvalue weighted by atomic mass is 16.2. The molecule has 0 unspecified atom stereocenters. The minimum Gasteiger partial charge on any atom is -0.311 e. The predicted molar refractivity (Wildman–Crippen MR) is 86.6 cm³/mol. The molecule has 0 saturated carbocycles. The minimum absolute atomic E-state index is 0.0914. The lowest BCUT2D eigenvalue weighted by Crippen LogP contribution is -2.26. The van der Waals surface area contributed by atoms with Gasteiger partial charge in [-0.1, -0.05) is 24.3 Å². The number of hydrogen-bond donors (Lipinski definition) is 0. The van der Waals surface area contributed by atoms with E-state index >= 15 is 0 Å². The van der Waals surface area contributed by atoms with Crippen LogP contribution < -0.4 is 4.90 Å². The van der Waals surface area contributed by atoms with Crippen LogP contribution in [0.25, 0.3) is 11.4 Å². The highest BCUT2D eigenvalue weighted by Crippen LogP contribution is 2.17. The van der Waals surface area contributed by atoms with E-state index in [2.05, 4.69) is 9.97 Å². The van der Waals surface area contributed by atoms with Crippen LogP contribution >= 0.6 is 0 Å². The third-order valence-corrected chi connectivity index (χ3v) is 3.39. The molecule has 0 aliphatic heterocycles. The zero-order chi connectivity index (χ0) is 15.4. The van der Waals surface area contributed by atoms with Crippen LogP contribution in [0.2, 0.25) is 0 Å². The summed E-state index contributed by atoms with van der Waals surface area (Å²) in [5.74, 6) is -0.0914. The molecule has 0 saturated heterocycles. The summed E-state index contributed by atoms with van der Waals surface area (Å²) in [7, 11) is 1.75. The number of amides is 1. The topological polar surface area (TPSA) is 46.1 Å². The Morgan fingerprint density at radius 1 is 0.864 bits per heavy atom. The first-order valence-corrected chi connectivity index (χ1v) is 6.96. The zero-order valence-corrected chi connectivity index (χ0v) is 12.2. The first-order valence-electron chi connectivity index (χ1n) is 6.96. The Morgan fingerprint density at radius 3 is 2.23 bits per heavy atom. The van der Waals surface area contributed by atoms with E-state index in [1.807, 2.05) is 54.6 Å². The van der Waals surface area contributed by atoms with Crippen LogP contribution in [0.15, 0.2) is 73.1 Å². The normalized spacial score (nSPS) is 10.2. The Balaban J connectivity index is 1.82. The van der Waals surface area contributed by atoms with E-state index in [4.69, 9.17) is 0 Å². The van der Waals surface area contributed by atoms with E-state index in [9.17, 15) is 4.79 Å². The summed E-state index contributed by atoms with van der Waals surface area (Å²) in [5, 5.41) is 0. The number of aromatic nitrogens is 2. The van der Waals surface area contributed by atoms with Gasteiger partial charge < -0.3 is 4.90 Å². The van der Waals surface area contributed by atoms with E-state index in [-0.39, 0.29) is 5.91 Å². The number of nitrogens with zero attached hydrogens (tertiary/aromatic N) is 3. The summed E-state index contributed by atoms with van der Waals surface area (Å²) in [6, 6.07) is 18.8. The van der Waals surface area contributed by atoms with Gasteiger partial charge in [0.2, 0.25) is 0 Å². The van der Waals surface area contributed by atoms with E-state index in [1.54, 1.807) is 30.4 Å². The molecule has 1 aromatic carbocycles. The second-order valence-electron chi connectivity index (χ2n) is 4.85. The molecule has 2 heterocycles. The van der Waals surface area contributed by atoms with Crippen molar-refractivity contribution in [2.75, 3.05) is 11.9 Å². The summed E-state index contributed by atoms with van der Waals surface area (Å²) < 4.78 is 0. The van der Waals surface area contributed by atoms with Gasteiger partial charge in [0.1, 0.15) is 0 Å². The standard InChI is InChI=1S/C18H15N3O/c1-21(15-7-3-2-4-8-15)18(22)14-10-11-17(20-13-14)16-9-5-6-12-19-16/h2-13H,1H3.